The van der Waals surface area contributed by atoms with Crippen molar-refractivity contribution in [1.29, 1.82) is 0 Å². The number of hydrogen-bond acceptors (Lipinski definition) is 6. The minimum absolute atomic E-state index is 0.613. The quantitative estimate of drug-likeness (QED) is 0.886. The summed E-state index contributed by atoms with van der Waals surface area (Å²) in [6.45, 7) is 0.613. The molecule has 0 spiro atoms. The molecule has 0 bridgehead atoms. The third kappa shape index (κ3) is 2.34. The van der Waals surface area contributed by atoms with Crippen LogP contribution in [0.1, 0.15) is 5.01 Å². The average Bonchev–Trinajstić information content (AvgIpc) is 2.85. The highest BCUT2D eigenvalue weighted by Gasteiger charge is 2.08. The highest BCUT2D eigenvalue weighted by atomic mass is 32.1. The van der Waals surface area contributed by atoms with Gasteiger partial charge in [0, 0.05) is 17.9 Å². The van der Waals surface area contributed by atoms with Gasteiger partial charge < -0.3 is 10.5 Å². The predicted molar refractivity (Wildman–Crippen MR) is 62.5 cm³/mol. The van der Waals surface area contributed by atoms with Crippen LogP contribution >= 0.6 is 22.7 Å². The Morgan fingerprint density at radius 3 is 3.00 bits per heavy atom. The summed E-state index contributed by atoms with van der Waals surface area (Å²) >= 11 is 3.20. The van der Waals surface area contributed by atoms with Gasteiger partial charge >= 0.3 is 0 Å². The van der Waals surface area contributed by atoms with E-state index in [1.165, 1.54) is 0 Å². The van der Waals surface area contributed by atoms with E-state index in [0.717, 1.165) is 27.1 Å². The minimum Gasteiger partial charge on any atom is -0.496 e. The van der Waals surface area contributed by atoms with E-state index in [9.17, 15) is 0 Å². The van der Waals surface area contributed by atoms with Crippen molar-refractivity contribution in [2.24, 2.45) is 5.73 Å². The van der Waals surface area contributed by atoms with Crippen LogP contribution < -0.4 is 10.5 Å². The van der Waals surface area contributed by atoms with Crippen molar-refractivity contribution in [3.8, 4) is 15.6 Å². The lowest BCUT2D eigenvalue weighted by Gasteiger charge is -1.89. The van der Waals surface area contributed by atoms with Gasteiger partial charge in [-0.3, -0.25) is 0 Å². The van der Waals surface area contributed by atoms with Crippen molar-refractivity contribution in [2.75, 3.05) is 13.7 Å². The summed E-state index contributed by atoms with van der Waals surface area (Å²) in [5.74, 6) is 0.866. The first-order valence-corrected chi connectivity index (χ1v) is 6.18. The van der Waals surface area contributed by atoms with Crippen LogP contribution in [0.2, 0.25) is 0 Å². The Kier molecular flexibility index (Phi) is 3.30. The maximum atomic E-state index is 5.46. The van der Waals surface area contributed by atoms with Crippen LogP contribution in [0, 0.1) is 0 Å². The summed E-state index contributed by atoms with van der Waals surface area (Å²) in [5, 5.41) is 12.1. The molecule has 2 rings (SSSR count). The molecule has 0 unspecified atom stereocenters. The molecule has 0 atom stereocenters. The highest BCUT2D eigenvalue weighted by Crippen LogP contribution is 2.32. The zero-order chi connectivity index (χ0) is 10.7. The van der Waals surface area contributed by atoms with Crippen LogP contribution in [-0.4, -0.2) is 23.9 Å². The van der Waals surface area contributed by atoms with E-state index in [4.69, 9.17) is 10.5 Å². The Morgan fingerprint density at radius 2 is 2.33 bits per heavy atom. The summed E-state index contributed by atoms with van der Waals surface area (Å²) in [6.07, 6.45) is 0.792. The fourth-order valence-electron chi connectivity index (χ4n) is 1.12. The van der Waals surface area contributed by atoms with Crippen molar-refractivity contribution in [1.82, 2.24) is 10.2 Å². The molecule has 0 aliphatic rings. The van der Waals surface area contributed by atoms with Gasteiger partial charge in [-0.15, -0.1) is 21.5 Å². The molecule has 0 aromatic carbocycles. The van der Waals surface area contributed by atoms with E-state index in [1.807, 2.05) is 11.4 Å². The predicted octanol–water partition coefficient (Wildman–Crippen LogP) is 1.78. The van der Waals surface area contributed by atoms with E-state index >= 15 is 0 Å². The van der Waals surface area contributed by atoms with Crippen LogP contribution in [0.15, 0.2) is 11.4 Å². The number of nitrogens with two attached hydrogens (primary N) is 1. The Morgan fingerprint density at radius 1 is 1.47 bits per heavy atom. The number of methoxy groups -OCH3 is 1. The van der Waals surface area contributed by atoms with Crippen LogP contribution in [-0.2, 0) is 6.42 Å². The molecule has 2 heterocycles. The van der Waals surface area contributed by atoms with Crippen LogP contribution in [0.3, 0.4) is 0 Å². The molecule has 0 aliphatic heterocycles. The standard InChI is InChI=1S/C9H11N3OS2/c1-13-6-4-7(14-5-6)9-12-11-8(15-9)2-3-10/h4-5H,2-3,10H2,1H3. The number of rotatable bonds is 4. The van der Waals surface area contributed by atoms with Gasteiger partial charge in [0.1, 0.15) is 10.8 Å². The van der Waals surface area contributed by atoms with Gasteiger partial charge in [-0.1, -0.05) is 11.3 Å². The molecule has 0 radical (unpaired) electrons. The number of aromatic nitrogens is 2. The lowest BCUT2D eigenvalue weighted by atomic mass is 10.5. The van der Waals surface area contributed by atoms with Gasteiger partial charge in [0.15, 0.2) is 5.01 Å². The van der Waals surface area contributed by atoms with Crippen LogP contribution in [0.25, 0.3) is 9.88 Å². The number of hydrogen-bond donors (Lipinski definition) is 1. The molecule has 0 saturated heterocycles. The molecule has 2 aromatic heterocycles. The monoisotopic (exact) mass is 241 g/mol. The third-order valence-corrected chi connectivity index (χ3v) is 3.91. The Bertz CT molecular complexity index is 438. The van der Waals surface area contributed by atoms with Gasteiger partial charge in [-0.2, -0.15) is 0 Å². The fourth-order valence-corrected chi connectivity index (χ4v) is 2.88. The van der Waals surface area contributed by atoms with Gasteiger partial charge in [0.05, 0.1) is 12.0 Å². The zero-order valence-corrected chi connectivity index (χ0v) is 9.90. The first-order valence-electron chi connectivity index (χ1n) is 4.49. The van der Waals surface area contributed by atoms with E-state index in [1.54, 1.807) is 29.8 Å². The lowest BCUT2D eigenvalue weighted by molar-refractivity contribution is 0.417. The van der Waals surface area contributed by atoms with Gasteiger partial charge in [0.2, 0.25) is 0 Å². The molecule has 80 valence electrons. The van der Waals surface area contributed by atoms with Crippen LogP contribution in [0.5, 0.6) is 5.75 Å². The van der Waals surface area contributed by atoms with Crippen LogP contribution in [0.4, 0.5) is 0 Å². The average molecular weight is 241 g/mol. The normalized spacial score (nSPS) is 10.5. The van der Waals surface area contributed by atoms with E-state index in [2.05, 4.69) is 10.2 Å². The zero-order valence-electron chi connectivity index (χ0n) is 8.27. The highest BCUT2D eigenvalue weighted by molar-refractivity contribution is 7.20. The molecule has 2 aromatic rings. The second kappa shape index (κ2) is 4.69. The number of thiophene rings is 1. The molecular formula is C9H11N3OS2. The minimum atomic E-state index is 0.613. The van der Waals surface area contributed by atoms with E-state index in [-0.39, 0.29) is 0 Å². The Labute approximate surface area is 95.7 Å². The van der Waals surface area contributed by atoms with E-state index in [0.29, 0.717) is 6.54 Å². The molecular weight excluding hydrogens is 230 g/mol. The second-order valence-electron chi connectivity index (χ2n) is 2.89. The Hall–Kier alpha value is -0.980. The van der Waals surface area contributed by atoms with E-state index < -0.39 is 0 Å². The largest absolute Gasteiger partial charge is 0.496 e. The molecule has 0 fully saturated rings. The van der Waals surface area contributed by atoms with Crippen molar-refractivity contribution >= 4 is 22.7 Å². The summed E-state index contributed by atoms with van der Waals surface area (Å²) in [6, 6.07) is 1.97. The maximum Gasteiger partial charge on any atom is 0.157 e. The molecule has 4 nitrogen and oxygen atoms in total. The van der Waals surface area contributed by atoms with Crippen molar-refractivity contribution < 1.29 is 4.74 Å². The first kappa shape index (κ1) is 10.5. The second-order valence-corrected chi connectivity index (χ2v) is 4.86. The summed E-state index contributed by atoms with van der Waals surface area (Å²) in [5.41, 5.74) is 5.46. The van der Waals surface area contributed by atoms with Gasteiger partial charge in [-0.05, 0) is 6.54 Å². The molecule has 0 saturated carbocycles. The third-order valence-electron chi connectivity index (χ3n) is 1.85. The fraction of sp³-hybridized carbons (Fsp3) is 0.333. The smallest absolute Gasteiger partial charge is 0.157 e. The summed E-state index contributed by atoms with van der Waals surface area (Å²) in [4.78, 5) is 1.09. The first-order chi connectivity index (χ1) is 7.33. The molecule has 0 amide bonds. The summed E-state index contributed by atoms with van der Waals surface area (Å²) in [7, 11) is 1.66. The maximum absolute atomic E-state index is 5.46. The number of nitrogens with zero attached hydrogens (tertiary/aromatic N) is 2. The molecule has 6 heteroatoms. The lowest BCUT2D eigenvalue weighted by Crippen LogP contribution is -2.01. The summed E-state index contributed by atoms with van der Waals surface area (Å²) < 4.78 is 5.12. The Balaban J connectivity index is 2.21. The van der Waals surface area contributed by atoms with Crippen molar-refractivity contribution in [3.05, 3.63) is 16.5 Å². The molecule has 15 heavy (non-hydrogen) atoms. The van der Waals surface area contributed by atoms with Crippen molar-refractivity contribution in [2.45, 2.75) is 6.42 Å². The van der Waals surface area contributed by atoms with Crippen molar-refractivity contribution in [3.63, 3.8) is 0 Å². The topological polar surface area (TPSA) is 61.0 Å². The molecule has 2 N–H and O–H groups in total. The molecule has 0 aliphatic carbocycles. The van der Waals surface area contributed by atoms with Gasteiger partial charge in [-0.25, -0.2) is 0 Å². The SMILES string of the molecule is COc1csc(-c2nnc(CCN)s2)c1. The van der Waals surface area contributed by atoms with Gasteiger partial charge in [0.25, 0.3) is 0 Å². The number of ether oxygens (including phenoxy) is 1.